The molecule has 4 bridgehead atoms. The monoisotopic (exact) mass is 500 g/mol. The fourth-order valence-corrected chi connectivity index (χ4v) is 3.99. The van der Waals surface area contributed by atoms with Crippen molar-refractivity contribution in [3.63, 3.8) is 0 Å². The Morgan fingerprint density at radius 3 is 1.70 bits per heavy atom. The minimum absolute atomic E-state index is 0.242. The third-order valence-electron chi connectivity index (χ3n) is 6.15. The fourth-order valence-electron chi connectivity index (χ4n) is 3.99. The molecule has 37 heavy (non-hydrogen) atoms. The van der Waals surface area contributed by atoms with E-state index in [2.05, 4.69) is 30.3 Å². The maximum absolute atomic E-state index is 11.4. The quantitative estimate of drug-likeness (QED) is 0.488. The van der Waals surface area contributed by atoms with Gasteiger partial charge in [0.2, 0.25) is 0 Å². The number of aryl methyl sites for hydroxylation is 4. The zero-order chi connectivity index (χ0) is 26.8. The Labute approximate surface area is 217 Å². The van der Waals surface area contributed by atoms with Gasteiger partial charge in [0, 0.05) is 11.1 Å². The first-order valence-electron chi connectivity index (χ1n) is 12.0. The van der Waals surface area contributed by atoms with E-state index in [1.54, 1.807) is 36.4 Å². The number of hydrogen-bond acceptors (Lipinski definition) is 4. The van der Waals surface area contributed by atoms with Gasteiger partial charge in [-0.25, -0.2) is 9.59 Å². The molecule has 6 heteroatoms. The standard InChI is InChI=1S/C19H18O2.C12H14O4/c20-19(21)18-12-11-16-5-3-14(4-6-16)1-2-15-7-9-17(13-18)10-8-15;1-8(12(13)14)7-9-5-4-6-10(15-2)11(9)16-3/h1-3,5,7,9,11-13H,4,6,8,10H2,(H,20,21);4-7H,1-3H3,(H,13,14). The van der Waals surface area contributed by atoms with Gasteiger partial charge in [-0.3, -0.25) is 0 Å². The SMILES string of the molecule is COc1cccc(C=C(C)C(=O)O)c1OC.O=C(O)c1ccc2ccc(ccc3ccc(c1)CC3)CC2. The molecule has 0 spiro atoms. The molecule has 5 aliphatic rings. The van der Waals surface area contributed by atoms with E-state index in [4.69, 9.17) is 14.6 Å². The summed E-state index contributed by atoms with van der Waals surface area (Å²) in [5, 5.41) is 18.1. The lowest BCUT2D eigenvalue weighted by atomic mass is 9.97. The molecule has 0 heterocycles. The van der Waals surface area contributed by atoms with Crippen molar-refractivity contribution < 1.29 is 29.3 Å². The Morgan fingerprint density at radius 2 is 1.24 bits per heavy atom. The molecule has 2 N–H and O–H groups in total. The number of carbonyl (C=O) groups is 2. The van der Waals surface area contributed by atoms with Crippen molar-refractivity contribution in [3.8, 4) is 11.5 Å². The second-order valence-corrected chi connectivity index (χ2v) is 8.75. The Morgan fingerprint density at radius 1 is 0.730 bits per heavy atom. The lowest BCUT2D eigenvalue weighted by Crippen LogP contribution is -2.00. The number of para-hydroxylation sites is 1. The van der Waals surface area contributed by atoms with Gasteiger partial charge in [0.1, 0.15) is 0 Å². The molecule has 0 saturated carbocycles. The van der Waals surface area contributed by atoms with Crippen molar-refractivity contribution in [2.45, 2.75) is 32.6 Å². The number of ether oxygens (including phenoxy) is 2. The number of aromatic carboxylic acids is 1. The van der Waals surface area contributed by atoms with Crippen molar-refractivity contribution in [2.24, 2.45) is 0 Å². The maximum Gasteiger partial charge on any atom is 0.335 e. The van der Waals surface area contributed by atoms with E-state index in [1.165, 1.54) is 37.8 Å². The maximum atomic E-state index is 11.4. The highest BCUT2D eigenvalue weighted by atomic mass is 16.5. The first-order chi connectivity index (χ1) is 17.8. The summed E-state index contributed by atoms with van der Waals surface area (Å²) in [7, 11) is 3.06. The van der Waals surface area contributed by atoms with Crippen LogP contribution in [0.5, 0.6) is 11.5 Å². The van der Waals surface area contributed by atoms with Gasteiger partial charge in [-0.1, -0.05) is 54.6 Å². The molecule has 0 atom stereocenters. The van der Waals surface area contributed by atoms with E-state index in [9.17, 15) is 14.7 Å². The van der Waals surface area contributed by atoms with Crippen LogP contribution in [0.2, 0.25) is 0 Å². The van der Waals surface area contributed by atoms with Crippen LogP contribution in [0.1, 0.15) is 45.1 Å². The van der Waals surface area contributed by atoms with Crippen LogP contribution in [-0.2, 0) is 30.5 Å². The summed E-state index contributed by atoms with van der Waals surface area (Å²) in [6.07, 6.45) is 5.37. The smallest absolute Gasteiger partial charge is 0.335 e. The van der Waals surface area contributed by atoms with E-state index in [1.807, 2.05) is 12.1 Å². The molecule has 0 fully saturated rings. The van der Waals surface area contributed by atoms with E-state index in [-0.39, 0.29) is 5.57 Å². The first-order valence-corrected chi connectivity index (χ1v) is 12.0. The number of benzene rings is 1. The minimum atomic E-state index is -0.954. The van der Waals surface area contributed by atoms with Gasteiger partial charge in [0.05, 0.1) is 19.8 Å². The van der Waals surface area contributed by atoms with E-state index < -0.39 is 11.9 Å². The van der Waals surface area contributed by atoms with Gasteiger partial charge >= 0.3 is 11.9 Å². The van der Waals surface area contributed by atoms with Gasteiger partial charge in [-0.2, -0.15) is 0 Å². The number of hydrogen-bond donors (Lipinski definition) is 2. The zero-order valence-electron chi connectivity index (χ0n) is 21.4. The molecular formula is C31H32O6. The molecule has 0 amide bonds. The predicted octanol–water partition coefficient (Wildman–Crippen LogP) is 6.02. The second kappa shape index (κ2) is 13.1. The molecule has 0 aliphatic heterocycles. The third kappa shape index (κ3) is 7.84. The Bertz CT molecular complexity index is 1320. The topological polar surface area (TPSA) is 93.1 Å². The van der Waals surface area contributed by atoms with Crippen LogP contribution in [0.4, 0.5) is 0 Å². The van der Waals surface area contributed by atoms with Gasteiger partial charge in [0.15, 0.2) is 11.5 Å². The highest BCUT2D eigenvalue weighted by Gasteiger charge is 2.09. The largest absolute Gasteiger partial charge is 0.493 e. The summed E-state index contributed by atoms with van der Waals surface area (Å²) < 4.78 is 10.3. The Balaban J connectivity index is 0.000000214. The summed E-state index contributed by atoms with van der Waals surface area (Å²) in [6.45, 7) is 1.53. The Kier molecular flexibility index (Phi) is 9.67. The molecule has 0 unspecified atom stereocenters. The third-order valence-corrected chi connectivity index (χ3v) is 6.15. The number of carboxylic acids is 2. The van der Waals surface area contributed by atoms with Gasteiger partial charge in [-0.15, -0.1) is 0 Å². The summed E-state index contributed by atoms with van der Waals surface area (Å²) in [5.41, 5.74) is 6.15. The second-order valence-electron chi connectivity index (χ2n) is 8.75. The minimum Gasteiger partial charge on any atom is -0.493 e. The van der Waals surface area contributed by atoms with Crippen LogP contribution in [0.15, 0.2) is 78.4 Å². The average molecular weight is 501 g/mol. The van der Waals surface area contributed by atoms with Crippen molar-refractivity contribution in [2.75, 3.05) is 14.2 Å². The molecule has 2 aromatic rings. The van der Waals surface area contributed by atoms with Crippen LogP contribution in [0.25, 0.3) is 6.08 Å². The van der Waals surface area contributed by atoms with Gasteiger partial charge in [0.25, 0.3) is 0 Å². The molecule has 2 aromatic carbocycles. The highest BCUT2D eigenvalue weighted by Crippen LogP contribution is 2.32. The molecule has 0 saturated heterocycles. The normalized spacial score (nSPS) is 12.4. The number of rotatable bonds is 5. The number of aliphatic carboxylic acids is 1. The average Bonchev–Trinajstić information content (AvgIpc) is 2.91. The van der Waals surface area contributed by atoms with Gasteiger partial charge in [-0.05, 0) is 79.1 Å². The number of methoxy groups -OCH3 is 2. The molecule has 5 aliphatic carbocycles. The highest BCUT2D eigenvalue weighted by molar-refractivity contribution is 5.92. The summed E-state index contributed by atoms with van der Waals surface area (Å²) in [6, 6.07) is 23.4. The van der Waals surface area contributed by atoms with Crippen LogP contribution < -0.4 is 9.47 Å². The molecule has 7 rings (SSSR count). The van der Waals surface area contributed by atoms with Crippen LogP contribution in [0, 0.1) is 0 Å². The van der Waals surface area contributed by atoms with Crippen LogP contribution >= 0.6 is 0 Å². The van der Waals surface area contributed by atoms with Crippen molar-refractivity contribution in [1.29, 1.82) is 0 Å². The van der Waals surface area contributed by atoms with E-state index in [0.29, 0.717) is 22.6 Å². The summed E-state index contributed by atoms with van der Waals surface area (Å²) in [5.74, 6) is -0.716. The number of carboxylic acid groups (broad SMARTS) is 2. The molecule has 0 aromatic heterocycles. The molecule has 6 nitrogen and oxygen atoms in total. The molecule has 0 radical (unpaired) electrons. The van der Waals surface area contributed by atoms with Crippen LogP contribution in [0.3, 0.4) is 0 Å². The lowest BCUT2D eigenvalue weighted by Gasteiger charge is -2.10. The molecular weight excluding hydrogens is 468 g/mol. The predicted molar refractivity (Wildman–Crippen MR) is 144 cm³/mol. The lowest BCUT2D eigenvalue weighted by molar-refractivity contribution is -0.132. The van der Waals surface area contributed by atoms with Crippen LogP contribution in [-0.4, -0.2) is 36.4 Å². The summed E-state index contributed by atoms with van der Waals surface area (Å²) in [4.78, 5) is 22.1. The first kappa shape index (κ1) is 27.3. The van der Waals surface area contributed by atoms with Crippen molar-refractivity contribution >= 4 is 18.0 Å². The van der Waals surface area contributed by atoms with E-state index >= 15 is 0 Å². The van der Waals surface area contributed by atoms with Crippen molar-refractivity contribution in [3.05, 3.63) is 112 Å². The fraction of sp³-hybridized carbons (Fsp3) is 0.226. The van der Waals surface area contributed by atoms with Gasteiger partial charge < -0.3 is 19.7 Å². The Hall–Kier alpha value is -4.32. The zero-order valence-corrected chi connectivity index (χ0v) is 21.4. The van der Waals surface area contributed by atoms with Crippen molar-refractivity contribution in [1.82, 2.24) is 0 Å². The molecule has 192 valence electrons. The van der Waals surface area contributed by atoms with E-state index in [0.717, 1.165) is 31.2 Å². The summed E-state index contributed by atoms with van der Waals surface area (Å²) >= 11 is 0.